The number of nitrogens with zero attached hydrogens (tertiary/aromatic N) is 1. The SMILES string of the molecule is Cc1cc([S+]=P([O-])(O)O)ccc1[N+](=O)[O-]. The molecular formula is C7H8NO5PS. The molecule has 1 rings (SSSR count). The third-order valence-electron chi connectivity index (χ3n) is 1.59. The Bertz CT molecular complexity index is 446. The molecule has 0 atom stereocenters. The first-order chi connectivity index (χ1) is 6.79. The van der Waals surface area contributed by atoms with Crippen LogP contribution >= 0.6 is 6.72 Å². The van der Waals surface area contributed by atoms with Gasteiger partial charge in [-0.3, -0.25) is 10.1 Å². The summed E-state index contributed by atoms with van der Waals surface area (Å²) in [4.78, 5) is 38.3. The maximum absolute atomic E-state index is 10.7. The van der Waals surface area contributed by atoms with Crippen LogP contribution in [0.1, 0.15) is 5.56 Å². The van der Waals surface area contributed by atoms with Gasteiger partial charge >= 0.3 is 6.72 Å². The molecule has 8 heteroatoms. The fourth-order valence-corrected chi connectivity index (χ4v) is 2.82. The largest absolute Gasteiger partial charge is 0.742 e. The van der Waals surface area contributed by atoms with Gasteiger partial charge in [-0.05, 0) is 6.92 Å². The molecule has 0 spiro atoms. The lowest BCUT2D eigenvalue weighted by molar-refractivity contribution is -0.385. The van der Waals surface area contributed by atoms with Crippen molar-refractivity contribution in [1.82, 2.24) is 0 Å². The summed E-state index contributed by atoms with van der Waals surface area (Å²) >= 11 is 0. The standard InChI is InChI=1S/C7H8NO5PS/c1-5-4-6(15-14(11,12)13)2-3-7(5)8(9)10/h2-4H,1H3,(H2-,11,12,13). The van der Waals surface area contributed by atoms with Crippen molar-refractivity contribution in [2.24, 2.45) is 0 Å². The Morgan fingerprint density at radius 3 is 2.47 bits per heavy atom. The number of benzene rings is 1. The van der Waals surface area contributed by atoms with Gasteiger partial charge in [0.1, 0.15) is 0 Å². The topological polar surface area (TPSA) is 107 Å². The summed E-state index contributed by atoms with van der Waals surface area (Å²) in [5.74, 6) is 0. The first-order valence-electron chi connectivity index (χ1n) is 3.80. The van der Waals surface area contributed by atoms with Crippen LogP contribution in [0.3, 0.4) is 0 Å². The number of nitro groups is 1. The highest BCUT2D eigenvalue weighted by Crippen LogP contribution is 2.29. The Morgan fingerprint density at radius 1 is 1.47 bits per heavy atom. The van der Waals surface area contributed by atoms with Gasteiger partial charge in [0.25, 0.3) is 5.69 Å². The zero-order valence-electron chi connectivity index (χ0n) is 7.65. The summed E-state index contributed by atoms with van der Waals surface area (Å²) < 4.78 is 0. The Morgan fingerprint density at radius 2 is 2.07 bits per heavy atom. The predicted molar refractivity (Wildman–Crippen MR) is 54.8 cm³/mol. The second-order valence-electron chi connectivity index (χ2n) is 2.79. The van der Waals surface area contributed by atoms with E-state index in [9.17, 15) is 15.0 Å². The first kappa shape index (κ1) is 12.2. The van der Waals surface area contributed by atoms with Crippen LogP contribution in [0.25, 0.3) is 0 Å². The molecule has 0 saturated heterocycles. The van der Waals surface area contributed by atoms with Gasteiger partial charge in [0.2, 0.25) is 15.8 Å². The van der Waals surface area contributed by atoms with Gasteiger partial charge in [-0.2, -0.15) is 0 Å². The van der Waals surface area contributed by atoms with E-state index in [-0.39, 0.29) is 5.69 Å². The van der Waals surface area contributed by atoms with Crippen molar-refractivity contribution in [2.45, 2.75) is 11.8 Å². The highest BCUT2D eigenvalue weighted by atomic mass is 32.5. The van der Waals surface area contributed by atoms with E-state index in [1.165, 1.54) is 25.1 Å². The van der Waals surface area contributed by atoms with Crippen molar-refractivity contribution in [3.8, 4) is 0 Å². The molecule has 0 heterocycles. The molecule has 15 heavy (non-hydrogen) atoms. The third-order valence-corrected chi connectivity index (χ3v) is 3.64. The van der Waals surface area contributed by atoms with Crippen LogP contribution in [0, 0.1) is 17.0 Å². The van der Waals surface area contributed by atoms with E-state index in [4.69, 9.17) is 9.79 Å². The molecule has 0 aliphatic rings. The molecule has 0 amide bonds. The predicted octanol–water partition coefficient (Wildman–Crippen LogP) is 0.367. The fraction of sp³-hybridized carbons (Fsp3) is 0.143. The summed E-state index contributed by atoms with van der Waals surface area (Å²) in [6, 6.07) is 3.92. The van der Waals surface area contributed by atoms with Crippen molar-refractivity contribution in [3.63, 3.8) is 0 Å². The molecule has 0 unspecified atom stereocenters. The third kappa shape index (κ3) is 3.65. The smallest absolute Gasteiger partial charge is 0.321 e. The number of nitro benzene ring substituents is 1. The molecule has 0 fully saturated rings. The van der Waals surface area contributed by atoms with Gasteiger partial charge in [0.05, 0.1) is 4.92 Å². The molecule has 2 N–H and O–H groups in total. The zero-order valence-corrected chi connectivity index (χ0v) is 9.36. The van der Waals surface area contributed by atoms with Gasteiger partial charge in [0.15, 0.2) is 0 Å². The molecule has 82 valence electrons. The highest BCUT2D eigenvalue weighted by Gasteiger charge is 2.16. The average molecular weight is 249 g/mol. The maximum Gasteiger partial charge on any atom is 0.321 e. The molecule has 0 radical (unpaired) electrons. The Hall–Kier alpha value is -0.850. The number of hydrogen-bond donors (Lipinski definition) is 2. The lowest BCUT2D eigenvalue weighted by Crippen LogP contribution is -1.99. The molecular weight excluding hydrogens is 241 g/mol. The average Bonchev–Trinajstić information content (AvgIpc) is 1.99. The van der Waals surface area contributed by atoms with Gasteiger partial charge in [-0.25, -0.2) is 0 Å². The van der Waals surface area contributed by atoms with Crippen molar-refractivity contribution in [3.05, 3.63) is 33.9 Å². The summed E-state index contributed by atoms with van der Waals surface area (Å²) in [7, 11) is 0.379. The van der Waals surface area contributed by atoms with E-state index >= 15 is 0 Å². The minimum Gasteiger partial charge on any atom is -0.742 e. The molecule has 0 aliphatic carbocycles. The van der Waals surface area contributed by atoms with Crippen LogP contribution in [0.5, 0.6) is 0 Å². The second kappa shape index (κ2) is 4.34. The summed E-state index contributed by atoms with van der Waals surface area (Å²) in [5, 5.41) is 10.5. The molecule has 0 bridgehead atoms. The number of hydrogen-bond acceptors (Lipinski definition) is 3. The van der Waals surface area contributed by atoms with E-state index < -0.39 is 11.6 Å². The van der Waals surface area contributed by atoms with Gasteiger partial charge in [0, 0.05) is 23.8 Å². The second-order valence-corrected chi connectivity index (χ2v) is 6.40. The van der Waals surface area contributed by atoms with Crippen LogP contribution in [-0.2, 0) is 10.9 Å². The minimum atomic E-state index is -4.20. The van der Waals surface area contributed by atoms with Crippen LogP contribution in [-0.4, -0.2) is 14.7 Å². The van der Waals surface area contributed by atoms with E-state index in [1.807, 2.05) is 0 Å². The summed E-state index contributed by atoms with van der Waals surface area (Å²) in [5.41, 5.74) is 0.309. The lowest BCUT2D eigenvalue weighted by atomic mass is 10.2. The lowest BCUT2D eigenvalue weighted by Gasteiger charge is -2.01. The molecule has 1 aromatic carbocycles. The van der Waals surface area contributed by atoms with Gasteiger partial charge < -0.3 is 14.7 Å². The monoisotopic (exact) mass is 249 g/mol. The van der Waals surface area contributed by atoms with E-state index in [0.29, 0.717) is 21.4 Å². The normalized spacial score (nSPS) is 11.2. The van der Waals surface area contributed by atoms with E-state index in [0.717, 1.165) is 0 Å². The first-order valence-corrected chi connectivity index (χ1v) is 6.83. The van der Waals surface area contributed by atoms with Gasteiger partial charge in [-0.15, -0.1) is 0 Å². The van der Waals surface area contributed by atoms with Crippen molar-refractivity contribution >= 4 is 23.3 Å². The Balaban J connectivity index is 3.19. The van der Waals surface area contributed by atoms with Crippen molar-refractivity contribution in [2.75, 3.05) is 0 Å². The fourth-order valence-electron chi connectivity index (χ4n) is 1.03. The van der Waals surface area contributed by atoms with Crippen LogP contribution < -0.4 is 4.89 Å². The van der Waals surface area contributed by atoms with Crippen molar-refractivity contribution < 1.29 is 19.6 Å². The minimum absolute atomic E-state index is 0.0648. The molecule has 0 saturated carbocycles. The summed E-state index contributed by atoms with van der Waals surface area (Å²) in [6.07, 6.45) is 0. The number of rotatable bonds is 2. The van der Waals surface area contributed by atoms with Crippen LogP contribution in [0.2, 0.25) is 0 Å². The quantitative estimate of drug-likeness (QED) is 0.341. The maximum atomic E-state index is 10.7. The van der Waals surface area contributed by atoms with E-state index in [1.54, 1.807) is 0 Å². The van der Waals surface area contributed by atoms with E-state index in [2.05, 4.69) is 0 Å². The molecule has 1 aromatic rings. The van der Waals surface area contributed by atoms with Crippen molar-refractivity contribution in [1.29, 1.82) is 0 Å². The van der Waals surface area contributed by atoms with Crippen LogP contribution in [0.15, 0.2) is 23.1 Å². The molecule has 6 nitrogen and oxygen atoms in total. The Labute approximate surface area is 89.2 Å². The molecule has 0 aromatic heterocycles. The van der Waals surface area contributed by atoms with Crippen LogP contribution in [0.4, 0.5) is 5.69 Å². The van der Waals surface area contributed by atoms with Gasteiger partial charge in [-0.1, -0.05) is 0 Å². The summed E-state index contributed by atoms with van der Waals surface area (Å²) in [6.45, 7) is -2.68. The zero-order chi connectivity index (χ0) is 11.6. The molecule has 0 aliphatic heterocycles. The number of aryl methyl sites for hydroxylation is 1. The highest BCUT2D eigenvalue weighted by molar-refractivity contribution is 8.15. The Kier molecular flexibility index (Phi) is 3.54.